The largest absolute Gasteiger partial charge is 0.382 e. The molecule has 0 spiro atoms. The van der Waals surface area contributed by atoms with Crippen molar-refractivity contribution in [2.75, 3.05) is 0 Å². The average molecular weight is 272 g/mol. The van der Waals surface area contributed by atoms with Crippen molar-refractivity contribution in [3.8, 4) is 0 Å². The average Bonchev–Trinajstić information content (AvgIpc) is 2.41. The van der Waals surface area contributed by atoms with Gasteiger partial charge in [-0.1, -0.05) is 37.6 Å². The minimum Gasteiger partial charge on any atom is -0.382 e. The summed E-state index contributed by atoms with van der Waals surface area (Å²) in [6.45, 7) is 2.19. The molecule has 2 nitrogen and oxygen atoms in total. The zero-order valence-corrected chi connectivity index (χ0v) is 12.3. The Labute approximate surface area is 121 Å². The van der Waals surface area contributed by atoms with Crippen molar-refractivity contribution in [1.82, 2.24) is 0 Å². The van der Waals surface area contributed by atoms with Gasteiger partial charge in [0.25, 0.3) is 0 Å². The van der Waals surface area contributed by atoms with Crippen LogP contribution in [0.3, 0.4) is 0 Å². The van der Waals surface area contributed by atoms with E-state index in [4.69, 9.17) is 0 Å². The summed E-state index contributed by atoms with van der Waals surface area (Å²) in [7, 11) is 0. The molecule has 20 heavy (non-hydrogen) atoms. The fourth-order valence-corrected chi connectivity index (χ4v) is 3.38. The van der Waals surface area contributed by atoms with E-state index in [9.17, 15) is 9.90 Å². The normalized spacial score (nSPS) is 30.8. The molecule has 2 aliphatic carbocycles. The maximum atomic E-state index is 12.5. The van der Waals surface area contributed by atoms with E-state index < -0.39 is 5.60 Å². The van der Waals surface area contributed by atoms with E-state index >= 15 is 0 Å². The molecule has 0 saturated heterocycles. The van der Waals surface area contributed by atoms with Gasteiger partial charge in [0.15, 0.2) is 5.78 Å². The van der Waals surface area contributed by atoms with Gasteiger partial charge >= 0.3 is 0 Å². The van der Waals surface area contributed by atoms with Gasteiger partial charge in [-0.05, 0) is 55.9 Å². The van der Waals surface area contributed by atoms with Crippen LogP contribution in [-0.4, -0.2) is 16.5 Å². The predicted octanol–water partition coefficient (Wildman–Crippen LogP) is 4.08. The zero-order valence-electron chi connectivity index (χ0n) is 12.3. The van der Waals surface area contributed by atoms with Gasteiger partial charge in [0.1, 0.15) is 5.60 Å². The van der Waals surface area contributed by atoms with Crippen LogP contribution in [0, 0.1) is 5.92 Å². The molecular formula is C18H24O2. The summed E-state index contributed by atoms with van der Waals surface area (Å²) in [4.78, 5) is 12.5. The molecule has 2 fully saturated rings. The summed E-state index contributed by atoms with van der Waals surface area (Å²) < 4.78 is 0. The monoisotopic (exact) mass is 272 g/mol. The predicted molar refractivity (Wildman–Crippen MR) is 79.9 cm³/mol. The lowest BCUT2D eigenvalue weighted by molar-refractivity contribution is 0.00426. The Morgan fingerprint density at radius 2 is 1.70 bits per heavy atom. The van der Waals surface area contributed by atoms with Crippen LogP contribution in [0.2, 0.25) is 0 Å². The minimum atomic E-state index is -1.12. The number of carbonyl (C=O) groups is 1. The van der Waals surface area contributed by atoms with Crippen LogP contribution in [0.1, 0.15) is 73.7 Å². The van der Waals surface area contributed by atoms with E-state index in [0.29, 0.717) is 30.2 Å². The highest BCUT2D eigenvalue weighted by atomic mass is 16.3. The van der Waals surface area contributed by atoms with Gasteiger partial charge in [-0.2, -0.15) is 0 Å². The summed E-state index contributed by atoms with van der Waals surface area (Å²) in [6.07, 6.45) is 6.98. The lowest BCUT2D eigenvalue weighted by atomic mass is 9.75. The van der Waals surface area contributed by atoms with Gasteiger partial charge in [0, 0.05) is 5.56 Å². The van der Waals surface area contributed by atoms with Crippen molar-refractivity contribution in [2.24, 2.45) is 5.92 Å². The maximum Gasteiger partial charge on any atom is 0.194 e. The maximum absolute atomic E-state index is 12.5. The van der Waals surface area contributed by atoms with Crippen LogP contribution in [0.5, 0.6) is 0 Å². The molecule has 108 valence electrons. The third kappa shape index (κ3) is 2.54. The van der Waals surface area contributed by atoms with Crippen molar-refractivity contribution in [1.29, 1.82) is 0 Å². The van der Waals surface area contributed by atoms with Crippen LogP contribution in [0.25, 0.3) is 0 Å². The van der Waals surface area contributed by atoms with Gasteiger partial charge < -0.3 is 5.11 Å². The first kappa shape index (κ1) is 13.8. The summed E-state index contributed by atoms with van der Waals surface area (Å²) >= 11 is 0. The topological polar surface area (TPSA) is 37.3 Å². The van der Waals surface area contributed by atoms with Crippen LogP contribution in [-0.2, 0) is 0 Å². The molecule has 0 amide bonds. The van der Waals surface area contributed by atoms with Crippen LogP contribution in [0.15, 0.2) is 24.3 Å². The number of ketones is 1. The number of Topliss-reactive ketones (excluding diaryl/α,β-unsaturated/α-hetero) is 1. The van der Waals surface area contributed by atoms with Gasteiger partial charge in [-0.15, -0.1) is 0 Å². The zero-order chi connectivity index (χ0) is 14.2. The molecule has 1 aromatic carbocycles. The molecule has 2 aliphatic rings. The Bertz CT molecular complexity index is 477. The van der Waals surface area contributed by atoms with Crippen LogP contribution < -0.4 is 0 Å². The number of benzene rings is 1. The number of carbonyl (C=O) groups excluding carboxylic acids is 1. The molecule has 1 aromatic rings. The second-order valence-corrected chi connectivity index (χ2v) is 6.79. The fourth-order valence-electron chi connectivity index (χ4n) is 3.38. The molecule has 0 aromatic heterocycles. The molecule has 0 bridgehead atoms. The molecule has 2 saturated carbocycles. The van der Waals surface area contributed by atoms with Crippen molar-refractivity contribution in [3.05, 3.63) is 35.4 Å². The molecule has 0 atom stereocenters. The van der Waals surface area contributed by atoms with Crippen molar-refractivity contribution >= 4 is 5.78 Å². The minimum absolute atomic E-state index is 0.0791. The molecule has 1 N–H and O–H groups in total. The Morgan fingerprint density at radius 3 is 2.20 bits per heavy atom. The second-order valence-electron chi connectivity index (χ2n) is 6.79. The SMILES string of the molecule is CC1CCC(O)(C(=O)c2ccc(C3CCC3)cc2)CC1. The van der Waals surface area contributed by atoms with E-state index in [0.717, 1.165) is 12.8 Å². The Morgan fingerprint density at radius 1 is 1.10 bits per heavy atom. The van der Waals surface area contributed by atoms with Gasteiger partial charge in [0.2, 0.25) is 0 Å². The summed E-state index contributed by atoms with van der Waals surface area (Å²) in [5.74, 6) is 1.24. The fraction of sp³-hybridized carbons (Fsp3) is 0.611. The highest BCUT2D eigenvalue weighted by Gasteiger charge is 2.39. The molecule has 0 unspecified atom stereocenters. The Balaban J connectivity index is 1.73. The number of rotatable bonds is 3. The molecule has 0 radical (unpaired) electrons. The molecule has 0 heterocycles. The first-order chi connectivity index (χ1) is 9.58. The highest BCUT2D eigenvalue weighted by molar-refractivity contribution is 6.02. The third-order valence-corrected chi connectivity index (χ3v) is 5.27. The van der Waals surface area contributed by atoms with Gasteiger partial charge in [-0.25, -0.2) is 0 Å². The number of hydrogen-bond donors (Lipinski definition) is 1. The summed E-state index contributed by atoms with van der Waals surface area (Å²) in [5, 5.41) is 10.6. The van der Waals surface area contributed by atoms with Crippen molar-refractivity contribution in [2.45, 2.75) is 63.4 Å². The summed E-state index contributed by atoms with van der Waals surface area (Å²) in [5.41, 5.74) is 0.895. The number of aliphatic hydroxyl groups is 1. The third-order valence-electron chi connectivity index (χ3n) is 5.27. The van der Waals surface area contributed by atoms with Crippen molar-refractivity contribution in [3.63, 3.8) is 0 Å². The lowest BCUT2D eigenvalue weighted by Gasteiger charge is -2.33. The second kappa shape index (κ2) is 5.33. The molecule has 3 rings (SSSR count). The summed E-state index contributed by atoms with van der Waals surface area (Å²) in [6, 6.07) is 7.97. The van der Waals surface area contributed by atoms with Gasteiger partial charge in [0.05, 0.1) is 0 Å². The standard InChI is InChI=1S/C18H24O2/c1-13-9-11-18(20,12-10-13)17(19)16-7-5-15(6-8-16)14-3-2-4-14/h5-8,13-14,20H,2-4,9-12H2,1H3. The Kier molecular flexibility index (Phi) is 3.68. The van der Waals surface area contributed by atoms with Crippen LogP contribution in [0.4, 0.5) is 0 Å². The first-order valence-electron chi connectivity index (χ1n) is 7.96. The van der Waals surface area contributed by atoms with E-state index in [-0.39, 0.29) is 5.78 Å². The smallest absolute Gasteiger partial charge is 0.194 e. The quantitative estimate of drug-likeness (QED) is 0.842. The van der Waals surface area contributed by atoms with E-state index in [2.05, 4.69) is 19.1 Å². The molecule has 2 heteroatoms. The van der Waals surface area contributed by atoms with Gasteiger partial charge in [-0.3, -0.25) is 4.79 Å². The van der Waals surface area contributed by atoms with E-state index in [1.165, 1.54) is 24.8 Å². The van der Waals surface area contributed by atoms with E-state index in [1.807, 2.05) is 12.1 Å². The number of hydrogen-bond acceptors (Lipinski definition) is 2. The molecular weight excluding hydrogens is 248 g/mol. The first-order valence-corrected chi connectivity index (χ1v) is 7.96. The van der Waals surface area contributed by atoms with E-state index in [1.54, 1.807) is 0 Å². The molecule has 0 aliphatic heterocycles. The van der Waals surface area contributed by atoms with Crippen LogP contribution >= 0.6 is 0 Å². The lowest BCUT2D eigenvalue weighted by Crippen LogP contribution is -2.41. The highest BCUT2D eigenvalue weighted by Crippen LogP contribution is 2.37. The Hall–Kier alpha value is -1.15. The van der Waals surface area contributed by atoms with Crippen molar-refractivity contribution < 1.29 is 9.90 Å².